The van der Waals surface area contributed by atoms with E-state index in [9.17, 15) is 0 Å². The van der Waals surface area contributed by atoms with Gasteiger partial charge in [-0.1, -0.05) is 72.4 Å². The van der Waals surface area contributed by atoms with Crippen molar-refractivity contribution < 1.29 is 0 Å². The van der Waals surface area contributed by atoms with Crippen LogP contribution >= 0.6 is 11.8 Å². The van der Waals surface area contributed by atoms with Crippen LogP contribution in [0.15, 0.2) is 65.8 Å². The highest BCUT2D eigenvalue weighted by Gasteiger charge is 2.16. The Morgan fingerprint density at radius 1 is 0.852 bits per heavy atom. The van der Waals surface area contributed by atoms with Crippen LogP contribution in [0.25, 0.3) is 22.5 Å². The fourth-order valence-electron chi connectivity index (χ4n) is 3.40. The van der Waals surface area contributed by atoms with E-state index in [0.717, 1.165) is 34.4 Å². The minimum atomic E-state index is 0.557. The van der Waals surface area contributed by atoms with Crippen molar-refractivity contribution >= 4 is 11.8 Å². The van der Waals surface area contributed by atoms with Gasteiger partial charge in [-0.3, -0.25) is 4.90 Å². The molecule has 0 aliphatic heterocycles. The second-order valence-corrected chi connectivity index (χ2v) is 8.36. The second kappa shape index (κ2) is 9.25. The predicted octanol–water partition coefficient (Wildman–Crippen LogP) is 5.95. The maximum Gasteiger partial charge on any atom is 0.166 e. The summed E-state index contributed by atoms with van der Waals surface area (Å²) in [6, 6.07) is 22.0. The summed E-state index contributed by atoms with van der Waals surface area (Å²) in [7, 11) is 0. The molecule has 3 nitrogen and oxygen atoms in total. The third-order valence-electron chi connectivity index (χ3n) is 4.71. The molecule has 0 bridgehead atoms. The quantitative estimate of drug-likeness (QED) is 0.490. The number of aromatic nitrogens is 2. The maximum absolute atomic E-state index is 4.93. The van der Waals surface area contributed by atoms with Gasteiger partial charge in [0, 0.05) is 35.5 Å². The van der Waals surface area contributed by atoms with Crippen molar-refractivity contribution in [1.82, 2.24) is 14.9 Å². The second-order valence-electron chi connectivity index (χ2n) is 7.27. The zero-order valence-electron chi connectivity index (χ0n) is 16.6. The van der Waals surface area contributed by atoms with Gasteiger partial charge in [0.2, 0.25) is 0 Å². The molecule has 0 unspecified atom stereocenters. The Kier molecular flexibility index (Phi) is 6.75. The predicted molar refractivity (Wildman–Crippen MR) is 117 cm³/mol. The fraction of sp³-hybridized carbons (Fsp3) is 0.348. The molecule has 1 aromatic heterocycles. The molecule has 0 aliphatic carbocycles. The van der Waals surface area contributed by atoms with Crippen molar-refractivity contribution in [3.63, 3.8) is 0 Å². The molecular formula is C23H29N3S. The van der Waals surface area contributed by atoms with Gasteiger partial charge < -0.3 is 4.98 Å². The lowest BCUT2D eigenvalue weighted by molar-refractivity contribution is 0.187. The normalized spacial score (nSPS) is 11.7. The van der Waals surface area contributed by atoms with E-state index >= 15 is 0 Å². The van der Waals surface area contributed by atoms with Gasteiger partial charge in [0.25, 0.3) is 0 Å². The first-order valence-corrected chi connectivity index (χ1v) is 10.6. The highest BCUT2D eigenvalue weighted by Crippen LogP contribution is 2.32. The standard InChI is InChI=1S/C23H29N3S/c1-17(2)26(18(3)4)15-16-27-23-24-21(19-11-7-5-8-12-19)22(25-23)20-13-9-6-10-14-20/h5-14,17-18H,15-16H2,1-4H3,(H,24,25). The smallest absolute Gasteiger partial charge is 0.166 e. The van der Waals surface area contributed by atoms with Crippen LogP contribution in [-0.2, 0) is 0 Å². The van der Waals surface area contributed by atoms with Crippen LogP contribution in [0.5, 0.6) is 0 Å². The molecular weight excluding hydrogens is 350 g/mol. The summed E-state index contributed by atoms with van der Waals surface area (Å²) < 4.78 is 0. The molecule has 1 N–H and O–H groups in total. The number of imidazole rings is 1. The van der Waals surface area contributed by atoms with Gasteiger partial charge in [-0.05, 0) is 27.7 Å². The van der Waals surface area contributed by atoms with Crippen LogP contribution in [0.1, 0.15) is 27.7 Å². The highest BCUT2D eigenvalue weighted by molar-refractivity contribution is 7.99. The molecule has 2 aromatic carbocycles. The Hall–Kier alpha value is -2.04. The number of hydrogen-bond donors (Lipinski definition) is 1. The number of aromatic amines is 1. The molecule has 4 heteroatoms. The summed E-state index contributed by atoms with van der Waals surface area (Å²) in [5, 5.41) is 0.986. The molecule has 0 fully saturated rings. The van der Waals surface area contributed by atoms with E-state index in [1.54, 1.807) is 11.8 Å². The van der Waals surface area contributed by atoms with Gasteiger partial charge in [-0.15, -0.1) is 0 Å². The Bertz CT molecular complexity index is 760. The Morgan fingerprint density at radius 2 is 1.41 bits per heavy atom. The molecule has 0 aliphatic rings. The van der Waals surface area contributed by atoms with Gasteiger partial charge >= 0.3 is 0 Å². The van der Waals surface area contributed by atoms with E-state index in [-0.39, 0.29) is 0 Å². The summed E-state index contributed by atoms with van der Waals surface area (Å²) in [6.07, 6.45) is 0. The molecule has 3 rings (SSSR count). The summed E-state index contributed by atoms with van der Waals surface area (Å²) in [4.78, 5) is 11.0. The zero-order valence-corrected chi connectivity index (χ0v) is 17.5. The number of nitrogens with one attached hydrogen (secondary N) is 1. The molecule has 142 valence electrons. The molecule has 0 spiro atoms. The number of rotatable bonds is 8. The Balaban J connectivity index is 1.82. The maximum atomic E-state index is 4.93. The van der Waals surface area contributed by atoms with Crippen LogP contribution in [0, 0.1) is 0 Å². The Morgan fingerprint density at radius 3 is 1.96 bits per heavy atom. The van der Waals surface area contributed by atoms with Gasteiger partial charge in [0.05, 0.1) is 11.4 Å². The Labute approximate surface area is 167 Å². The van der Waals surface area contributed by atoms with Crippen molar-refractivity contribution in [2.45, 2.75) is 44.9 Å². The van der Waals surface area contributed by atoms with E-state index in [2.05, 4.69) is 86.1 Å². The average molecular weight is 380 g/mol. The lowest BCUT2D eigenvalue weighted by atomic mass is 10.1. The van der Waals surface area contributed by atoms with E-state index in [1.807, 2.05) is 12.1 Å². The fourth-order valence-corrected chi connectivity index (χ4v) is 4.22. The molecule has 0 amide bonds. The largest absolute Gasteiger partial charge is 0.332 e. The van der Waals surface area contributed by atoms with E-state index in [1.165, 1.54) is 5.56 Å². The van der Waals surface area contributed by atoms with Gasteiger partial charge in [0.1, 0.15) is 0 Å². The van der Waals surface area contributed by atoms with E-state index in [0.29, 0.717) is 12.1 Å². The van der Waals surface area contributed by atoms with Gasteiger partial charge in [-0.25, -0.2) is 4.98 Å². The lowest BCUT2D eigenvalue weighted by Gasteiger charge is -2.30. The van der Waals surface area contributed by atoms with Crippen molar-refractivity contribution in [3.05, 3.63) is 60.7 Å². The third kappa shape index (κ3) is 5.02. The van der Waals surface area contributed by atoms with Gasteiger partial charge in [-0.2, -0.15) is 0 Å². The summed E-state index contributed by atoms with van der Waals surface area (Å²) in [5.41, 5.74) is 4.43. The number of nitrogens with zero attached hydrogens (tertiary/aromatic N) is 2. The first-order chi connectivity index (χ1) is 13.1. The van der Waals surface area contributed by atoms with Crippen molar-refractivity contribution in [1.29, 1.82) is 0 Å². The van der Waals surface area contributed by atoms with Gasteiger partial charge in [0.15, 0.2) is 5.16 Å². The van der Waals surface area contributed by atoms with Crippen molar-refractivity contribution in [2.24, 2.45) is 0 Å². The minimum Gasteiger partial charge on any atom is -0.332 e. The summed E-state index contributed by atoms with van der Waals surface area (Å²) in [5.74, 6) is 1.02. The molecule has 0 atom stereocenters. The molecule has 1 heterocycles. The third-order valence-corrected chi connectivity index (χ3v) is 5.56. The monoisotopic (exact) mass is 379 g/mol. The SMILES string of the molecule is CC(C)N(CCSc1nc(-c2ccccc2)c(-c2ccccc2)[nH]1)C(C)C. The van der Waals surface area contributed by atoms with Crippen LogP contribution in [0.2, 0.25) is 0 Å². The number of H-pyrrole nitrogens is 1. The lowest BCUT2D eigenvalue weighted by Crippen LogP contribution is -2.38. The zero-order chi connectivity index (χ0) is 19.2. The van der Waals surface area contributed by atoms with Crippen LogP contribution in [0.4, 0.5) is 0 Å². The first kappa shape index (κ1) is 19.7. The molecule has 0 radical (unpaired) electrons. The first-order valence-electron chi connectivity index (χ1n) is 9.65. The van der Waals surface area contributed by atoms with E-state index in [4.69, 9.17) is 4.98 Å². The van der Waals surface area contributed by atoms with Crippen LogP contribution < -0.4 is 0 Å². The minimum absolute atomic E-state index is 0.557. The van der Waals surface area contributed by atoms with Crippen LogP contribution in [0.3, 0.4) is 0 Å². The molecule has 3 aromatic rings. The highest BCUT2D eigenvalue weighted by atomic mass is 32.2. The topological polar surface area (TPSA) is 31.9 Å². The molecule has 0 saturated carbocycles. The summed E-state index contributed by atoms with van der Waals surface area (Å²) in [6.45, 7) is 10.1. The summed E-state index contributed by atoms with van der Waals surface area (Å²) >= 11 is 1.80. The van der Waals surface area contributed by atoms with Crippen molar-refractivity contribution in [3.8, 4) is 22.5 Å². The van der Waals surface area contributed by atoms with Crippen LogP contribution in [-0.4, -0.2) is 39.2 Å². The number of benzene rings is 2. The molecule has 0 saturated heterocycles. The van der Waals surface area contributed by atoms with E-state index < -0.39 is 0 Å². The number of hydrogen-bond acceptors (Lipinski definition) is 3. The van der Waals surface area contributed by atoms with Crippen molar-refractivity contribution in [2.75, 3.05) is 12.3 Å². The average Bonchev–Trinajstić information content (AvgIpc) is 3.10. The number of thioether (sulfide) groups is 1. The molecule has 27 heavy (non-hydrogen) atoms.